The quantitative estimate of drug-likeness (QED) is 0.628. The van der Waals surface area contributed by atoms with E-state index in [1.54, 1.807) is 36.4 Å². The predicted molar refractivity (Wildman–Crippen MR) is 118 cm³/mol. The molecule has 0 unspecified atom stereocenters. The maximum absolute atomic E-state index is 13.5. The van der Waals surface area contributed by atoms with Crippen molar-refractivity contribution in [2.45, 2.75) is 56.4 Å². The molecule has 6 nitrogen and oxygen atoms in total. The van der Waals surface area contributed by atoms with E-state index in [-0.39, 0.29) is 23.4 Å². The molecule has 0 aliphatic heterocycles. The molecule has 2 aromatic rings. The minimum Gasteiger partial charge on any atom is -0.494 e. The van der Waals surface area contributed by atoms with Gasteiger partial charge in [0, 0.05) is 11.7 Å². The highest BCUT2D eigenvalue weighted by atomic mass is 32.2. The van der Waals surface area contributed by atoms with Crippen LogP contribution in [0, 0.1) is 0 Å². The molecule has 7 heteroatoms. The van der Waals surface area contributed by atoms with Crippen molar-refractivity contribution < 1.29 is 17.9 Å². The number of rotatable bonds is 8. The van der Waals surface area contributed by atoms with E-state index in [0.717, 1.165) is 38.5 Å². The number of carbonyl (C=O) groups is 1. The zero-order chi connectivity index (χ0) is 21.4. The highest BCUT2D eigenvalue weighted by Crippen LogP contribution is 2.28. The fourth-order valence-electron chi connectivity index (χ4n) is 3.83. The fraction of sp³-hybridized carbons (Fsp3) is 0.435. The van der Waals surface area contributed by atoms with Crippen molar-refractivity contribution in [3.05, 3.63) is 54.6 Å². The summed E-state index contributed by atoms with van der Waals surface area (Å²) in [5.41, 5.74) is 0.654. The molecule has 2 aromatic carbocycles. The van der Waals surface area contributed by atoms with E-state index >= 15 is 0 Å². The van der Waals surface area contributed by atoms with Gasteiger partial charge >= 0.3 is 0 Å². The Morgan fingerprint density at radius 3 is 2.23 bits per heavy atom. The third kappa shape index (κ3) is 5.83. The van der Waals surface area contributed by atoms with Crippen molar-refractivity contribution in [2.24, 2.45) is 0 Å². The van der Waals surface area contributed by atoms with Crippen molar-refractivity contribution in [2.75, 3.05) is 18.5 Å². The van der Waals surface area contributed by atoms with E-state index in [1.807, 2.05) is 25.1 Å². The molecule has 1 saturated carbocycles. The Bertz CT molecular complexity index is 906. The average Bonchev–Trinajstić information content (AvgIpc) is 3.02. The Kier molecular flexibility index (Phi) is 7.87. The van der Waals surface area contributed by atoms with Gasteiger partial charge in [0.1, 0.15) is 5.75 Å². The molecule has 0 saturated heterocycles. The standard InChI is InChI=1S/C23H30N2O4S/c1-2-29-21-14-16-22(17-15-21)30(27,28)25(20-12-8-3-4-9-13-20)18-23(26)24-19-10-6-5-7-11-19/h5-7,10-11,14-17,20H,2-4,8-9,12-13,18H2,1H3,(H,24,26). The summed E-state index contributed by atoms with van der Waals surface area (Å²) in [4.78, 5) is 12.9. The fourth-order valence-corrected chi connectivity index (χ4v) is 5.47. The first kappa shape index (κ1) is 22.3. The van der Waals surface area contributed by atoms with Crippen LogP contribution >= 0.6 is 0 Å². The molecule has 0 aromatic heterocycles. The average molecular weight is 431 g/mol. The van der Waals surface area contributed by atoms with Gasteiger partial charge in [0.2, 0.25) is 15.9 Å². The van der Waals surface area contributed by atoms with Crippen LogP contribution in [0.5, 0.6) is 5.75 Å². The maximum atomic E-state index is 13.5. The van der Waals surface area contributed by atoms with Gasteiger partial charge in [-0.05, 0) is 56.2 Å². The van der Waals surface area contributed by atoms with Crippen LogP contribution in [0.4, 0.5) is 5.69 Å². The monoisotopic (exact) mass is 430 g/mol. The smallest absolute Gasteiger partial charge is 0.243 e. The molecule has 30 heavy (non-hydrogen) atoms. The zero-order valence-electron chi connectivity index (χ0n) is 17.4. The van der Waals surface area contributed by atoms with Gasteiger partial charge < -0.3 is 10.1 Å². The molecule has 0 heterocycles. The molecule has 3 rings (SSSR count). The number of nitrogens with zero attached hydrogens (tertiary/aromatic N) is 1. The van der Waals surface area contributed by atoms with E-state index < -0.39 is 10.0 Å². The van der Waals surface area contributed by atoms with Gasteiger partial charge in [0.05, 0.1) is 18.0 Å². The van der Waals surface area contributed by atoms with Crippen LogP contribution < -0.4 is 10.1 Å². The van der Waals surface area contributed by atoms with Gasteiger partial charge in [-0.1, -0.05) is 43.9 Å². The van der Waals surface area contributed by atoms with Crippen LogP contribution in [0.2, 0.25) is 0 Å². The van der Waals surface area contributed by atoms with Gasteiger partial charge in [-0.15, -0.1) is 0 Å². The molecule has 1 aliphatic rings. The van der Waals surface area contributed by atoms with Crippen LogP contribution in [0.15, 0.2) is 59.5 Å². The lowest BCUT2D eigenvalue weighted by Gasteiger charge is -2.30. The first-order chi connectivity index (χ1) is 14.5. The van der Waals surface area contributed by atoms with E-state index in [9.17, 15) is 13.2 Å². The Labute approximate surface area is 179 Å². The Balaban J connectivity index is 1.84. The number of sulfonamides is 1. The van der Waals surface area contributed by atoms with Crippen LogP contribution in [0.25, 0.3) is 0 Å². The number of amides is 1. The highest BCUT2D eigenvalue weighted by molar-refractivity contribution is 7.89. The second-order valence-electron chi connectivity index (χ2n) is 7.51. The largest absolute Gasteiger partial charge is 0.494 e. The van der Waals surface area contributed by atoms with Gasteiger partial charge in [-0.3, -0.25) is 4.79 Å². The van der Waals surface area contributed by atoms with Crippen LogP contribution in [-0.2, 0) is 14.8 Å². The normalized spacial score (nSPS) is 15.5. The SMILES string of the molecule is CCOc1ccc(S(=O)(=O)N(CC(=O)Nc2ccccc2)C2CCCCCC2)cc1. The van der Waals surface area contributed by atoms with Crippen molar-refractivity contribution in [3.8, 4) is 5.75 Å². The van der Waals surface area contributed by atoms with Crippen molar-refractivity contribution in [1.82, 2.24) is 4.31 Å². The van der Waals surface area contributed by atoms with Crippen LogP contribution in [0.3, 0.4) is 0 Å². The first-order valence-electron chi connectivity index (χ1n) is 10.6. The molecule has 1 amide bonds. The summed E-state index contributed by atoms with van der Waals surface area (Å²) in [5.74, 6) is 0.291. The molecular formula is C23H30N2O4S. The lowest BCUT2D eigenvalue weighted by Crippen LogP contribution is -2.44. The van der Waals surface area contributed by atoms with Gasteiger partial charge in [-0.25, -0.2) is 8.42 Å². The third-order valence-electron chi connectivity index (χ3n) is 5.33. The number of benzene rings is 2. The summed E-state index contributed by atoms with van der Waals surface area (Å²) in [6.07, 6.45) is 5.69. The van der Waals surface area contributed by atoms with E-state index in [1.165, 1.54) is 4.31 Å². The maximum Gasteiger partial charge on any atom is 0.243 e. The van der Waals surface area contributed by atoms with Crippen LogP contribution in [-0.4, -0.2) is 37.8 Å². The number of hydrogen-bond donors (Lipinski definition) is 1. The first-order valence-corrected chi connectivity index (χ1v) is 12.0. The van der Waals surface area contributed by atoms with E-state index in [4.69, 9.17) is 4.74 Å². The van der Waals surface area contributed by atoms with E-state index in [2.05, 4.69) is 5.32 Å². The minimum absolute atomic E-state index is 0.175. The van der Waals surface area contributed by atoms with Crippen molar-refractivity contribution in [1.29, 1.82) is 0 Å². The molecular weight excluding hydrogens is 400 g/mol. The molecule has 1 N–H and O–H groups in total. The third-order valence-corrected chi connectivity index (χ3v) is 7.24. The summed E-state index contributed by atoms with van der Waals surface area (Å²) in [6.45, 7) is 2.19. The molecule has 162 valence electrons. The lowest BCUT2D eigenvalue weighted by molar-refractivity contribution is -0.116. The van der Waals surface area contributed by atoms with Crippen molar-refractivity contribution in [3.63, 3.8) is 0 Å². The van der Waals surface area contributed by atoms with Gasteiger partial charge in [-0.2, -0.15) is 4.31 Å². The zero-order valence-corrected chi connectivity index (χ0v) is 18.2. The topological polar surface area (TPSA) is 75.7 Å². The Morgan fingerprint density at radius 2 is 1.63 bits per heavy atom. The predicted octanol–water partition coefficient (Wildman–Crippen LogP) is 4.44. The van der Waals surface area contributed by atoms with Crippen LogP contribution in [0.1, 0.15) is 45.4 Å². The molecule has 0 spiro atoms. The summed E-state index contributed by atoms with van der Waals surface area (Å²) >= 11 is 0. The molecule has 0 radical (unpaired) electrons. The van der Waals surface area contributed by atoms with Crippen molar-refractivity contribution >= 4 is 21.6 Å². The summed E-state index contributed by atoms with van der Waals surface area (Å²) in [6, 6.07) is 15.3. The Hall–Kier alpha value is -2.38. The Morgan fingerprint density at radius 1 is 1.00 bits per heavy atom. The van der Waals surface area contributed by atoms with Gasteiger partial charge in [0.15, 0.2) is 0 Å². The minimum atomic E-state index is -3.82. The lowest BCUT2D eigenvalue weighted by atomic mass is 10.1. The highest BCUT2D eigenvalue weighted by Gasteiger charge is 2.33. The summed E-state index contributed by atoms with van der Waals surface area (Å²) in [7, 11) is -3.82. The number of hydrogen-bond acceptors (Lipinski definition) is 4. The van der Waals surface area contributed by atoms with E-state index in [0.29, 0.717) is 18.0 Å². The molecule has 1 fully saturated rings. The number of anilines is 1. The number of para-hydroxylation sites is 1. The number of ether oxygens (including phenoxy) is 1. The second kappa shape index (κ2) is 10.6. The number of carbonyl (C=O) groups excluding carboxylic acids is 1. The summed E-state index contributed by atoms with van der Waals surface area (Å²) < 4.78 is 33.8. The molecule has 0 bridgehead atoms. The molecule has 1 aliphatic carbocycles. The van der Waals surface area contributed by atoms with Gasteiger partial charge in [0.25, 0.3) is 0 Å². The second-order valence-corrected chi connectivity index (χ2v) is 9.40. The number of nitrogens with one attached hydrogen (secondary N) is 1. The summed E-state index contributed by atoms with van der Waals surface area (Å²) in [5, 5.41) is 2.81. The molecule has 0 atom stereocenters.